The third-order valence-corrected chi connectivity index (χ3v) is 5.44. The van der Waals surface area contributed by atoms with E-state index in [0.717, 1.165) is 27.6 Å². The molecule has 0 aliphatic heterocycles. The number of thiazole rings is 2. The molecule has 3 rings (SSSR count). The number of benzene rings is 1. The van der Waals surface area contributed by atoms with E-state index in [1.807, 2.05) is 0 Å². The molecule has 2 aromatic heterocycles. The molecule has 0 saturated heterocycles. The van der Waals surface area contributed by atoms with Gasteiger partial charge < -0.3 is 10.3 Å². The highest BCUT2D eigenvalue weighted by atomic mass is 32.1. The second kappa shape index (κ2) is 7.71. The molecule has 130 valence electrons. The summed E-state index contributed by atoms with van der Waals surface area (Å²) in [6.07, 6.45) is 1.14. The van der Waals surface area contributed by atoms with Gasteiger partial charge in [0.1, 0.15) is 10.7 Å². The number of H-pyrrole nitrogens is 1. The van der Waals surface area contributed by atoms with Crippen LogP contribution in [0.5, 0.6) is 0 Å². The molecule has 5 nitrogen and oxygen atoms in total. The molecule has 8 heteroatoms. The van der Waals surface area contributed by atoms with E-state index >= 15 is 0 Å². The van der Waals surface area contributed by atoms with Crippen LogP contribution in [0.1, 0.15) is 31.6 Å². The number of rotatable bonds is 6. The number of aryl methyl sites for hydroxylation is 1. The van der Waals surface area contributed by atoms with Crippen LogP contribution in [-0.4, -0.2) is 22.4 Å². The molecular formula is C17H16FN3O2S2. The molecule has 2 heterocycles. The molecular weight excluding hydrogens is 361 g/mol. The number of halogens is 1. The first kappa shape index (κ1) is 17.5. The van der Waals surface area contributed by atoms with Crippen LogP contribution >= 0.6 is 22.7 Å². The van der Waals surface area contributed by atoms with E-state index in [9.17, 15) is 14.0 Å². The van der Waals surface area contributed by atoms with Crippen molar-refractivity contribution in [1.29, 1.82) is 0 Å². The monoisotopic (exact) mass is 377 g/mol. The summed E-state index contributed by atoms with van der Waals surface area (Å²) in [5, 5.41) is 5.42. The highest BCUT2D eigenvalue weighted by molar-refractivity contribution is 7.13. The van der Waals surface area contributed by atoms with Crippen molar-refractivity contribution in [1.82, 2.24) is 15.3 Å². The average molecular weight is 377 g/mol. The molecule has 1 aromatic carbocycles. The quantitative estimate of drug-likeness (QED) is 0.694. The van der Waals surface area contributed by atoms with Gasteiger partial charge in [0.15, 0.2) is 0 Å². The van der Waals surface area contributed by atoms with E-state index in [0.29, 0.717) is 30.0 Å². The van der Waals surface area contributed by atoms with Gasteiger partial charge in [0, 0.05) is 30.5 Å². The van der Waals surface area contributed by atoms with Crippen LogP contribution in [0.3, 0.4) is 0 Å². The molecule has 3 aromatic rings. The Morgan fingerprint density at radius 3 is 2.76 bits per heavy atom. The highest BCUT2D eigenvalue weighted by Gasteiger charge is 2.15. The van der Waals surface area contributed by atoms with Gasteiger partial charge in [-0.3, -0.25) is 9.59 Å². The van der Waals surface area contributed by atoms with Crippen LogP contribution in [-0.2, 0) is 12.8 Å². The van der Waals surface area contributed by atoms with Gasteiger partial charge in [-0.2, -0.15) is 0 Å². The van der Waals surface area contributed by atoms with Crippen molar-refractivity contribution in [2.75, 3.05) is 6.54 Å². The van der Waals surface area contributed by atoms with Crippen molar-refractivity contribution in [3.05, 3.63) is 72.0 Å². The Labute approximate surface area is 151 Å². The lowest BCUT2D eigenvalue weighted by Gasteiger charge is -2.02. The first-order valence-corrected chi connectivity index (χ1v) is 9.36. The van der Waals surface area contributed by atoms with E-state index < -0.39 is 0 Å². The van der Waals surface area contributed by atoms with Gasteiger partial charge >= 0.3 is 4.87 Å². The van der Waals surface area contributed by atoms with Gasteiger partial charge in [-0.1, -0.05) is 23.5 Å². The molecule has 25 heavy (non-hydrogen) atoms. The zero-order valence-corrected chi connectivity index (χ0v) is 15.1. The number of carbonyl (C=O) groups is 1. The van der Waals surface area contributed by atoms with Gasteiger partial charge in [-0.05, 0) is 24.6 Å². The van der Waals surface area contributed by atoms with Crippen LogP contribution < -0.4 is 10.2 Å². The van der Waals surface area contributed by atoms with Gasteiger partial charge in [-0.15, -0.1) is 11.3 Å². The number of amides is 1. The fourth-order valence-corrected chi connectivity index (χ4v) is 3.97. The normalized spacial score (nSPS) is 10.8. The molecule has 0 saturated carbocycles. The number of aromatic nitrogens is 2. The fourth-order valence-electron chi connectivity index (χ4n) is 2.34. The lowest BCUT2D eigenvalue weighted by molar-refractivity contribution is 0.0957. The molecule has 0 aliphatic rings. The standard InChI is InChI=1S/C17H16FN3O2S2/c1-10-15(16(22)19-7-6-13-9-24-17(23)21-13)25-14(20-10)8-11-2-4-12(18)5-3-11/h2-5,9H,6-8H2,1H3,(H,19,22)(H,21,23). The third-order valence-electron chi connectivity index (χ3n) is 3.57. The topological polar surface area (TPSA) is 74.8 Å². The maximum absolute atomic E-state index is 13.0. The Balaban J connectivity index is 1.59. The number of nitrogens with one attached hydrogen (secondary N) is 2. The van der Waals surface area contributed by atoms with Crippen LogP contribution in [0.4, 0.5) is 4.39 Å². The van der Waals surface area contributed by atoms with Crippen molar-refractivity contribution in [2.24, 2.45) is 0 Å². The molecule has 0 fully saturated rings. The van der Waals surface area contributed by atoms with Crippen molar-refractivity contribution < 1.29 is 9.18 Å². The molecule has 0 bridgehead atoms. The van der Waals surface area contributed by atoms with E-state index in [2.05, 4.69) is 15.3 Å². The second-order valence-corrected chi connectivity index (χ2v) is 7.43. The van der Waals surface area contributed by atoms with E-state index in [1.165, 1.54) is 23.5 Å². The van der Waals surface area contributed by atoms with Crippen LogP contribution in [0.2, 0.25) is 0 Å². The summed E-state index contributed by atoms with van der Waals surface area (Å²) in [4.78, 5) is 31.0. The predicted molar refractivity (Wildman–Crippen MR) is 97.0 cm³/mol. The van der Waals surface area contributed by atoms with E-state index in [1.54, 1.807) is 24.4 Å². The van der Waals surface area contributed by atoms with Crippen molar-refractivity contribution >= 4 is 28.6 Å². The lowest BCUT2D eigenvalue weighted by atomic mass is 10.1. The van der Waals surface area contributed by atoms with Gasteiger partial charge in [0.05, 0.1) is 10.7 Å². The van der Waals surface area contributed by atoms with Crippen LogP contribution in [0, 0.1) is 12.7 Å². The minimum absolute atomic E-state index is 0.0925. The zero-order chi connectivity index (χ0) is 17.8. The number of carbonyl (C=O) groups excluding carboxylic acids is 1. The Morgan fingerprint density at radius 1 is 1.32 bits per heavy atom. The lowest BCUT2D eigenvalue weighted by Crippen LogP contribution is -2.25. The van der Waals surface area contributed by atoms with Crippen molar-refractivity contribution in [3.8, 4) is 0 Å². The fraction of sp³-hybridized carbons (Fsp3) is 0.235. The molecule has 0 unspecified atom stereocenters. The molecule has 0 spiro atoms. The summed E-state index contributed by atoms with van der Waals surface area (Å²) in [6.45, 7) is 2.24. The van der Waals surface area contributed by atoms with E-state index in [-0.39, 0.29) is 16.6 Å². The highest BCUT2D eigenvalue weighted by Crippen LogP contribution is 2.21. The first-order chi connectivity index (χ1) is 12.0. The van der Waals surface area contributed by atoms with Crippen LogP contribution in [0.25, 0.3) is 0 Å². The Hall–Kier alpha value is -2.32. The van der Waals surface area contributed by atoms with Crippen molar-refractivity contribution in [2.45, 2.75) is 19.8 Å². The minimum Gasteiger partial charge on any atom is -0.351 e. The summed E-state index contributed by atoms with van der Waals surface area (Å²) in [6, 6.07) is 6.26. The zero-order valence-electron chi connectivity index (χ0n) is 13.5. The van der Waals surface area contributed by atoms with Crippen LogP contribution in [0.15, 0.2) is 34.4 Å². The van der Waals surface area contributed by atoms with Crippen molar-refractivity contribution in [3.63, 3.8) is 0 Å². The summed E-state index contributed by atoms with van der Waals surface area (Å²) < 4.78 is 13.0. The molecule has 0 aliphatic carbocycles. The number of hydrogen-bond donors (Lipinski definition) is 2. The largest absolute Gasteiger partial charge is 0.351 e. The number of hydrogen-bond acceptors (Lipinski definition) is 5. The van der Waals surface area contributed by atoms with Gasteiger partial charge in [0.2, 0.25) is 0 Å². The summed E-state index contributed by atoms with van der Waals surface area (Å²) in [5.74, 6) is -0.441. The minimum atomic E-state index is -0.272. The first-order valence-electron chi connectivity index (χ1n) is 7.67. The molecule has 1 amide bonds. The molecule has 0 radical (unpaired) electrons. The SMILES string of the molecule is Cc1nc(Cc2ccc(F)cc2)sc1C(=O)NCCc1csc(=O)[nH]1. The Kier molecular flexibility index (Phi) is 5.40. The third kappa shape index (κ3) is 4.61. The van der Waals surface area contributed by atoms with Gasteiger partial charge in [-0.25, -0.2) is 9.37 Å². The van der Waals surface area contributed by atoms with Gasteiger partial charge in [0.25, 0.3) is 5.91 Å². The summed E-state index contributed by atoms with van der Waals surface area (Å²) >= 11 is 2.46. The number of nitrogens with zero attached hydrogens (tertiary/aromatic N) is 1. The Morgan fingerprint density at radius 2 is 2.08 bits per heavy atom. The Bertz CT molecular complexity index is 928. The number of aromatic amines is 1. The average Bonchev–Trinajstić information content (AvgIpc) is 3.15. The molecule has 2 N–H and O–H groups in total. The molecule has 0 atom stereocenters. The summed E-state index contributed by atoms with van der Waals surface area (Å²) in [5.41, 5.74) is 2.44. The second-order valence-electron chi connectivity index (χ2n) is 5.50. The smallest absolute Gasteiger partial charge is 0.304 e. The maximum atomic E-state index is 13.0. The maximum Gasteiger partial charge on any atom is 0.304 e. The predicted octanol–water partition coefficient (Wildman–Crippen LogP) is 2.90. The van der Waals surface area contributed by atoms with E-state index in [4.69, 9.17) is 0 Å². The summed E-state index contributed by atoms with van der Waals surface area (Å²) in [7, 11) is 0.